The molecule has 0 amide bonds. The zero-order valence-corrected chi connectivity index (χ0v) is 9.35. The zero-order valence-electron chi connectivity index (χ0n) is 9.35. The Hall–Kier alpha value is -0.870. The predicted octanol–water partition coefficient (Wildman–Crippen LogP) is 0.655. The highest BCUT2D eigenvalue weighted by molar-refractivity contribution is 5.79. The number of carboxylic acids is 1. The molecule has 0 aliphatic carbocycles. The van der Waals surface area contributed by atoms with E-state index in [-0.39, 0.29) is 0 Å². The largest absolute Gasteiger partial charge is 0.478 e. The Kier molecular flexibility index (Phi) is 5.36. The van der Waals surface area contributed by atoms with Gasteiger partial charge in [0.2, 0.25) is 0 Å². The second-order valence-electron chi connectivity index (χ2n) is 3.88. The standard InChI is InChI=1S/C11H20N2O2/c1-2-5-12-7-9-13(10-8-12)6-3-4-11(14)15/h3-4H,2,5-10H2,1H3,(H,14,15). The van der Waals surface area contributed by atoms with Gasteiger partial charge in [-0.1, -0.05) is 13.0 Å². The van der Waals surface area contributed by atoms with E-state index < -0.39 is 5.97 Å². The fourth-order valence-corrected chi connectivity index (χ4v) is 1.81. The topological polar surface area (TPSA) is 43.8 Å². The van der Waals surface area contributed by atoms with Crippen LogP contribution in [0, 0.1) is 0 Å². The van der Waals surface area contributed by atoms with E-state index in [1.807, 2.05) is 0 Å². The van der Waals surface area contributed by atoms with Gasteiger partial charge < -0.3 is 10.0 Å². The lowest BCUT2D eigenvalue weighted by Gasteiger charge is -2.33. The van der Waals surface area contributed by atoms with Crippen molar-refractivity contribution in [3.8, 4) is 0 Å². The molecule has 0 spiro atoms. The average Bonchev–Trinajstić information content (AvgIpc) is 2.20. The van der Waals surface area contributed by atoms with E-state index in [4.69, 9.17) is 5.11 Å². The lowest BCUT2D eigenvalue weighted by Crippen LogP contribution is -2.46. The lowest BCUT2D eigenvalue weighted by atomic mass is 10.3. The number of aliphatic carboxylic acids is 1. The van der Waals surface area contributed by atoms with Crippen LogP contribution in [0.1, 0.15) is 13.3 Å². The summed E-state index contributed by atoms with van der Waals surface area (Å²) >= 11 is 0. The summed E-state index contributed by atoms with van der Waals surface area (Å²) in [4.78, 5) is 15.0. The van der Waals surface area contributed by atoms with Gasteiger partial charge in [0, 0.05) is 38.8 Å². The molecule has 0 atom stereocenters. The van der Waals surface area contributed by atoms with E-state index >= 15 is 0 Å². The molecule has 1 rings (SSSR count). The molecule has 1 N–H and O–H groups in total. The summed E-state index contributed by atoms with van der Waals surface area (Å²) in [6.07, 6.45) is 4.15. The van der Waals surface area contributed by atoms with Crippen LogP contribution in [-0.2, 0) is 4.79 Å². The Bertz CT molecular complexity index is 221. The minimum Gasteiger partial charge on any atom is -0.478 e. The first-order valence-electron chi connectivity index (χ1n) is 5.56. The number of hydrogen-bond acceptors (Lipinski definition) is 3. The molecule has 1 aliphatic heterocycles. The third kappa shape index (κ3) is 4.95. The molecule has 1 aliphatic rings. The molecular weight excluding hydrogens is 192 g/mol. The van der Waals surface area contributed by atoms with Crippen LogP contribution >= 0.6 is 0 Å². The first-order valence-corrected chi connectivity index (χ1v) is 5.56. The van der Waals surface area contributed by atoms with Crippen LogP contribution in [-0.4, -0.2) is 60.1 Å². The molecule has 0 aromatic rings. The van der Waals surface area contributed by atoms with Crippen LogP contribution in [0.15, 0.2) is 12.2 Å². The molecule has 0 aromatic heterocycles. The molecule has 0 bridgehead atoms. The Morgan fingerprint density at radius 2 is 1.87 bits per heavy atom. The fraction of sp³-hybridized carbons (Fsp3) is 0.727. The Labute approximate surface area is 91.2 Å². The molecule has 4 nitrogen and oxygen atoms in total. The summed E-state index contributed by atoms with van der Waals surface area (Å²) in [6, 6.07) is 0. The maximum Gasteiger partial charge on any atom is 0.328 e. The lowest BCUT2D eigenvalue weighted by molar-refractivity contribution is -0.131. The predicted molar refractivity (Wildman–Crippen MR) is 59.9 cm³/mol. The Balaban J connectivity index is 2.17. The number of piperazine rings is 1. The molecule has 1 heterocycles. The second kappa shape index (κ2) is 6.58. The van der Waals surface area contributed by atoms with Crippen molar-refractivity contribution < 1.29 is 9.90 Å². The van der Waals surface area contributed by atoms with E-state index in [1.54, 1.807) is 6.08 Å². The van der Waals surface area contributed by atoms with Crippen molar-refractivity contribution in [3.05, 3.63) is 12.2 Å². The molecule has 4 heteroatoms. The maximum absolute atomic E-state index is 10.3. The summed E-state index contributed by atoms with van der Waals surface area (Å²) in [5.41, 5.74) is 0. The highest BCUT2D eigenvalue weighted by Crippen LogP contribution is 2.01. The van der Waals surface area contributed by atoms with E-state index in [9.17, 15) is 4.79 Å². The number of carbonyl (C=O) groups is 1. The first kappa shape index (κ1) is 12.2. The molecule has 0 aromatic carbocycles. The number of carboxylic acid groups (broad SMARTS) is 1. The monoisotopic (exact) mass is 212 g/mol. The van der Waals surface area contributed by atoms with Gasteiger partial charge in [-0.2, -0.15) is 0 Å². The van der Waals surface area contributed by atoms with Crippen molar-refractivity contribution in [2.24, 2.45) is 0 Å². The quantitative estimate of drug-likeness (QED) is 0.680. The van der Waals surface area contributed by atoms with Gasteiger partial charge in [0.05, 0.1) is 0 Å². The molecule has 1 saturated heterocycles. The summed E-state index contributed by atoms with van der Waals surface area (Å²) in [6.45, 7) is 8.43. The smallest absolute Gasteiger partial charge is 0.328 e. The van der Waals surface area contributed by atoms with Crippen molar-refractivity contribution >= 4 is 5.97 Å². The number of hydrogen-bond donors (Lipinski definition) is 1. The summed E-state index contributed by atoms with van der Waals surface area (Å²) < 4.78 is 0. The molecule has 0 unspecified atom stereocenters. The van der Waals surface area contributed by atoms with E-state index in [0.717, 1.165) is 32.7 Å². The Morgan fingerprint density at radius 1 is 1.27 bits per heavy atom. The maximum atomic E-state index is 10.3. The van der Waals surface area contributed by atoms with Crippen molar-refractivity contribution in [2.75, 3.05) is 39.3 Å². The Morgan fingerprint density at radius 3 is 2.40 bits per heavy atom. The minimum absolute atomic E-state index is 0.756. The van der Waals surface area contributed by atoms with Crippen LogP contribution < -0.4 is 0 Å². The van der Waals surface area contributed by atoms with E-state index in [2.05, 4.69) is 16.7 Å². The summed E-state index contributed by atoms with van der Waals surface area (Å²) in [5, 5.41) is 8.44. The van der Waals surface area contributed by atoms with Crippen molar-refractivity contribution in [1.82, 2.24) is 9.80 Å². The van der Waals surface area contributed by atoms with Gasteiger partial charge in [0.1, 0.15) is 0 Å². The van der Waals surface area contributed by atoms with Crippen LogP contribution in [0.25, 0.3) is 0 Å². The summed E-state index contributed by atoms with van der Waals surface area (Å²) in [5.74, 6) is -0.861. The van der Waals surface area contributed by atoms with Gasteiger partial charge in [-0.25, -0.2) is 4.79 Å². The first-order chi connectivity index (χ1) is 7.22. The fourth-order valence-electron chi connectivity index (χ4n) is 1.81. The van der Waals surface area contributed by atoms with Gasteiger partial charge in [0.15, 0.2) is 0 Å². The molecule has 15 heavy (non-hydrogen) atoms. The number of rotatable bonds is 5. The van der Waals surface area contributed by atoms with Crippen LogP contribution in [0.3, 0.4) is 0 Å². The molecule has 0 saturated carbocycles. The van der Waals surface area contributed by atoms with E-state index in [0.29, 0.717) is 0 Å². The van der Waals surface area contributed by atoms with Crippen molar-refractivity contribution in [3.63, 3.8) is 0 Å². The third-order valence-corrected chi connectivity index (χ3v) is 2.63. The molecule has 86 valence electrons. The highest BCUT2D eigenvalue weighted by atomic mass is 16.4. The van der Waals surface area contributed by atoms with Crippen molar-refractivity contribution in [2.45, 2.75) is 13.3 Å². The van der Waals surface area contributed by atoms with E-state index in [1.165, 1.54) is 19.0 Å². The molecule has 0 radical (unpaired) electrons. The molecule has 1 fully saturated rings. The normalized spacial score (nSPS) is 19.8. The van der Waals surface area contributed by atoms with Crippen molar-refractivity contribution in [1.29, 1.82) is 0 Å². The SMILES string of the molecule is CCCN1CCN(CC=CC(=O)O)CC1. The number of nitrogens with zero attached hydrogens (tertiary/aromatic N) is 2. The minimum atomic E-state index is -0.861. The van der Waals surface area contributed by atoms with Crippen LogP contribution in [0.4, 0.5) is 0 Å². The van der Waals surface area contributed by atoms with Gasteiger partial charge in [0.25, 0.3) is 0 Å². The molecular formula is C11H20N2O2. The summed E-state index contributed by atoms with van der Waals surface area (Å²) in [7, 11) is 0. The highest BCUT2D eigenvalue weighted by Gasteiger charge is 2.14. The van der Waals surface area contributed by atoms with Gasteiger partial charge >= 0.3 is 5.97 Å². The van der Waals surface area contributed by atoms with Gasteiger partial charge in [-0.3, -0.25) is 4.90 Å². The average molecular weight is 212 g/mol. The zero-order chi connectivity index (χ0) is 11.1. The van der Waals surface area contributed by atoms with Crippen LogP contribution in [0.5, 0.6) is 0 Å². The van der Waals surface area contributed by atoms with Gasteiger partial charge in [-0.15, -0.1) is 0 Å². The third-order valence-electron chi connectivity index (χ3n) is 2.63. The van der Waals surface area contributed by atoms with Gasteiger partial charge in [-0.05, 0) is 13.0 Å². The van der Waals surface area contributed by atoms with Crippen LogP contribution in [0.2, 0.25) is 0 Å². The second-order valence-corrected chi connectivity index (χ2v) is 3.88.